The van der Waals surface area contributed by atoms with Gasteiger partial charge in [-0.25, -0.2) is 0 Å². The molecule has 18 heavy (non-hydrogen) atoms. The minimum Gasteiger partial charge on any atom is -0.497 e. The number of benzene rings is 1. The van der Waals surface area contributed by atoms with Crippen LogP contribution in [-0.4, -0.2) is 24.7 Å². The molecule has 0 aliphatic rings. The Kier molecular flexibility index (Phi) is 6.22. The van der Waals surface area contributed by atoms with Gasteiger partial charge >= 0.3 is 0 Å². The van der Waals surface area contributed by atoms with Gasteiger partial charge in [0.15, 0.2) is 0 Å². The van der Waals surface area contributed by atoms with Crippen LogP contribution in [0.4, 0.5) is 0 Å². The maximum atomic E-state index is 11.6. The van der Waals surface area contributed by atoms with Crippen molar-refractivity contribution in [2.45, 2.75) is 32.2 Å². The highest BCUT2D eigenvalue weighted by Crippen LogP contribution is 2.17. The van der Waals surface area contributed by atoms with Gasteiger partial charge in [-0.2, -0.15) is 0 Å². The van der Waals surface area contributed by atoms with Gasteiger partial charge in [-0.3, -0.25) is 4.79 Å². The molecule has 0 bridgehead atoms. The molecule has 0 unspecified atom stereocenters. The summed E-state index contributed by atoms with van der Waals surface area (Å²) in [4.78, 5) is 11.6. The van der Waals surface area contributed by atoms with Crippen LogP contribution in [0.1, 0.15) is 37.8 Å². The molecule has 0 aliphatic heterocycles. The van der Waals surface area contributed by atoms with E-state index in [9.17, 15) is 4.79 Å². The number of hydrogen-bond donors (Lipinski definition) is 2. The first-order chi connectivity index (χ1) is 8.67. The van der Waals surface area contributed by atoms with E-state index in [0.29, 0.717) is 12.8 Å². The third-order valence-corrected chi connectivity index (χ3v) is 2.81. The molecule has 0 saturated carbocycles. The summed E-state index contributed by atoms with van der Waals surface area (Å²) < 4.78 is 5.08. The van der Waals surface area contributed by atoms with Crippen LogP contribution in [-0.2, 0) is 4.79 Å². The lowest BCUT2D eigenvalue weighted by Crippen LogP contribution is -2.26. The Morgan fingerprint density at radius 2 is 2.00 bits per heavy atom. The molecule has 0 heterocycles. The summed E-state index contributed by atoms with van der Waals surface area (Å²) in [6.45, 7) is 2.09. The Bertz CT molecular complexity index is 362. The molecule has 1 aromatic carbocycles. The Balaban J connectivity index is 2.43. The third kappa shape index (κ3) is 4.75. The second-order valence-corrected chi connectivity index (χ2v) is 4.24. The molecule has 2 N–H and O–H groups in total. The first-order valence-electron chi connectivity index (χ1n) is 6.21. The fourth-order valence-electron chi connectivity index (χ4n) is 1.69. The van der Waals surface area contributed by atoms with Crippen LogP contribution in [0.15, 0.2) is 24.3 Å². The quantitative estimate of drug-likeness (QED) is 0.729. The minimum atomic E-state index is -0.0162. The van der Waals surface area contributed by atoms with Gasteiger partial charge in [0.1, 0.15) is 5.75 Å². The topological polar surface area (TPSA) is 58.6 Å². The molecule has 1 amide bonds. The van der Waals surface area contributed by atoms with E-state index in [-0.39, 0.29) is 18.6 Å². The Morgan fingerprint density at radius 3 is 2.56 bits per heavy atom. The Hall–Kier alpha value is -1.55. The molecule has 0 saturated heterocycles. The monoisotopic (exact) mass is 251 g/mol. The van der Waals surface area contributed by atoms with Crippen molar-refractivity contribution in [1.29, 1.82) is 0 Å². The van der Waals surface area contributed by atoms with Crippen molar-refractivity contribution in [2.24, 2.45) is 0 Å². The molecule has 4 nitrogen and oxygen atoms in total. The van der Waals surface area contributed by atoms with E-state index in [1.54, 1.807) is 7.11 Å². The fourth-order valence-corrected chi connectivity index (χ4v) is 1.69. The van der Waals surface area contributed by atoms with Crippen molar-refractivity contribution in [3.63, 3.8) is 0 Å². The summed E-state index contributed by atoms with van der Waals surface area (Å²) >= 11 is 0. The summed E-state index contributed by atoms with van der Waals surface area (Å²) in [5.74, 6) is 0.826. The van der Waals surface area contributed by atoms with Gasteiger partial charge in [-0.15, -0.1) is 0 Å². The molecular weight excluding hydrogens is 230 g/mol. The molecule has 1 atom stereocenters. The molecule has 0 aromatic heterocycles. The molecule has 1 aromatic rings. The molecule has 0 fully saturated rings. The van der Waals surface area contributed by atoms with Crippen molar-refractivity contribution in [3.8, 4) is 5.75 Å². The molecule has 100 valence electrons. The van der Waals surface area contributed by atoms with E-state index < -0.39 is 0 Å². The zero-order chi connectivity index (χ0) is 13.4. The fraction of sp³-hybridized carbons (Fsp3) is 0.500. The highest BCUT2D eigenvalue weighted by molar-refractivity contribution is 5.76. The lowest BCUT2D eigenvalue weighted by atomic mass is 10.1. The molecule has 0 radical (unpaired) electrons. The van der Waals surface area contributed by atoms with Crippen LogP contribution in [0.5, 0.6) is 5.75 Å². The van der Waals surface area contributed by atoms with Gasteiger partial charge in [-0.05, 0) is 37.5 Å². The van der Waals surface area contributed by atoms with E-state index in [2.05, 4.69) is 5.32 Å². The van der Waals surface area contributed by atoms with Gasteiger partial charge in [0.2, 0.25) is 5.91 Å². The van der Waals surface area contributed by atoms with E-state index in [0.717, 1.165) is 17.7 Å². The molecule has 1 rings (SSSR count). The summed E-state index contributed by atoms with van der Waals surface area (Å²) in [6.07, 6.45) is 1.85. The van der Waals surface area contributed by atoms with Crippen molar-refractivity contribution < 1.29 is 14.6 Å². The first-order valence-corrected chi connectivity index (χ1v) is 6.21. The van der Waals surface area contributed by atoms with Gasteiger partial charge < -0.3 is 15.2 Å². The normalized spacial score (nSPS) is 11.9. The Morgan fingerprint density at radius 1 is 1.33 bits per heavy atom. The molecule has 0 spiro atoms. The summed E-state index contributed by atoms with van der Waals surface area (Å²) in [7, 11) is 1.63. The number of amides is 1. The number of rotatable bonds is 7. The lowest BCUT2D eigenvalue weighted by molar-refractivity contribution is -0.121. The van der Waals surface area contributed by atoms with E-state index in [4.69, 9.17) is 9.84 Å². The number of unbranched alkanes of at least 4 members (excludes halogenated alkanes) is 1. The number of aliphatic hydroxyl groups is 1. The van der Waals surface area contributed by atoms with Gasteiger partial charge in [0.25, 0.3) is 0 Å². The van der Waals surface area contributed by atoms with Gasteiger partial charge in [0, 0.05) is 13.0 Å². The second-order valence-electron chi connectivity index (χ2n) is 4.24. The van der Waals surface area contributed by atoms with Crippen LogP contribution in [0.2, 0.25) is 0 Å². The number of methoxy groups -OCH3 is 1. The maximum Gasteiger partial charge on any atom is 0.220 e. The van der Waals surface area contributed by atoms with Crippen molar-refractivity contribution in [3.05, 3.63) is 29.8 Å². The zero-order valence-corrected chi connectivity index (χ0v) is 11.0. The standard InChI is InChI=1S/C14H21NO3/c1-11(15-14(17)5-3-4-10-16)12-6-8-13(18-2)9-7-12/h6-9,11,16H,3-5,10H2,1-2H3,(H,15,17)/t11-/m0/s1. The van der Waals surface area contributed by atoms with Crippen LogP contribution in [0.25, 0.3) is 0 Å². The summed E-state index contributed by atoms with van der Waals surface area (Å²) in [5, 5.41) is 11.6. The van der Waals surface area contributed by atoms with E-state index >= 15 is 0 Å². The summed E-state index contributed by atoms with van der Waals surface area (Å²) in [6, 6.07) is 7.63. The maximum absolute atomic E-state index is 11.6. The molecule has 0 aliphatic carbocycles. The van der Waals surface area contributed by atoms with E-state index in [1.165, 1.54) is 0 Å². The number of ether oxygens (including phenoxy) is 1. The van der Waals surface area contributed by atoms with Crippen LogP contribution >= 0.6 is 0 Å². The average molecular weight is 251 g/mol. The van der Waals surface area contributed by atoms with Crippen molar-refractivity contribution >= 4 is 5.91 Å². The van der Waals surface area contributed by atoms with Crippen LogP contribution < -0.4 is 10.1 Å². The number of aliphatic hydroxyl groups excluding tert-OH is 1. The van der Waals surface area contributed by atoms with Crippen molar-refractivity contribution in [1.82, 2.24) is 5.32 Å². The lowest BCUT2D eigenvalue weighted by Gasteiger charge is -2.14. The Labute approximate surface area is 108 Å². The highest BCUT2D eigenvalue weighted by Gasteiger charge is 2.09. The minimum absolute atomic E-state index is 0.0162. The number of nitrogens with one attached hydrogen (secondary N) is 1. The summed E-state index contributed by atoms with van der Waals surface area (Å²) in [5.41, 5.74) is 1.05. The zero-order valence-electron chi connectivity index (χ0n) is 11.0. The largest absolute Gasteiger partial charge is 0.497 e. The third-order valence-electron chi connectivity index (χ3n) is 2.81. The average Bonchev–Trinajstić information content (AvgIpc) is 2.39. The van der Waals surface area contributed by atoms with Gasteiger partial charge in [-0.1, -0.05) is 12.1 Å². The molecular formula is C14H21NO3. The number of carbonyl (C=O) groups excluding carboxylic acids is 1. The smallest absolute Gasteiger partial charge is 0.220 e. The number of carbonyl (C=O) groups is 1. The predicted octanol–water partition coefficient (Wildman–Crippen LogP) is 2.04. The second kappa shape index (κ2) is 7.71. The molecule has 4 heteroatoms. The van der Waals surface area contributed by atoms with E-state index in [1.807, 2.05) is 31.2 Å². The van der Waals surface area contributed by atoms with Crippen LogP contribution in [0, 0.1) is 0 Å². The SMILES string of the molecule is COc1ccc([C@H](C)NC(=O)CCCCO)cc1. The number of hydrogen-bond acceptors (Lipinski definition) is 3. The first kappa shape index (κ1) is 14.5. The van der Waals surface area contributed by atoms with Gasteiger partial charge in [0.05, 0.1) is 13.2 Å². The highest BCUT2D eigenvalue weighted by atomic mass is 16.5. The van der Waals surface area contributed by atoms with Crippen molar-refractivity contribution in [2.75, 3.05) is 13.7 Å². The van der Waals surface area contributed by atoms with Crippen LogP contribution in [0.3, 0.4) is 0 Å². The predicted molar refractivity (Wildman–Crippen MR) is 70.5 cm³/mol.